The summed E-state index contributed by atoms with van der Waals surface area (Å²) < 4.78 is 3.01. The number of aromatic hydroxyl groups is 1. The number of nitrogens with zero attached hydrogens (tertiary/aromatic N) is 2. The molecule has 1 fully saturated rings. The van der Waals surface area contributed by atoms with E-state index in [0.29, 0.717) is 12.6 Å². The lowest BCUT2D eigenvalue weighted by atomic mass is 10.2. The zero-order chi connectivity index (χ0) is 15.0. The van der Waals surface area contributed by atoms with Gasteiger partial charge in [-0.3, -0.25) is 4.79 Å². The van der Waals surface area contributed by atoms with E-state index in [-0.39, 0.29) is 11.7 Å². The Morgan fingerprint density at radius 1 is 1.38 bits per heavy atom. The molecule has 0 saturated heterocycles. The topological polar surface area (TPSA) is 45.5 Å². The molecule has 1 amide bonds. The standard InChI is InChI=1S/C16H17BrN2O2/c1-18(9-11-2-6-14(20)7-3-11)16(21)15-8-12(17)10-19(15)13-4-5-13/h2-3,6-8,10,13,20H,4-5,9H2,1H3. The summed E-state index contributed by atoms with van der Waals surface area (Å²) in [5.74, 6) is 0.250. The Hall–Kier alpha value is -1.75. The van der Waals surface area contributed by atoms with Gasteiger partial charge in [0.25, 0.3) is 5.91 Å². The minimum Gasteiger partial charge on any atom is -0.508 e. The van der Waals surface area contributed by atoms with Gasteiger partial charge in [-0.15, -0.1) is 0 Å². The third kappa shape index (κ3) is 3.13. The molecule has 0 bridgehead atoms. The summed E-state index contributed by atoms with van der Waals surface area (Å²) in [6, 6.07) is 9.28. The minimum absolute atomic E-state index is 0.0145. The maximum absolute atomic E-state index is 12.6. The first-order chi connectivity index (χ1) is 10.0. The summed E-state index contributed by atoms with van der Waals surface area (Å²) in [5.41, 5.74) is 1.72. The monoisotopic (exact) mass is 348 g/mol. The van der Waals surface area contributed by atoms with E-state index in [4.69, 9.17) is 0 Å². The van der Waals surface area contributed by atoms with Gasteiger partial charge in [-0.05, 0) is 52.5 Å². The van der Waals surface area contributed by atoms with E-state index < -0.39 is 0 Å². The molecule has 110 valence electrons. The first-order valence-electron chi connectivity index (χ1n) is 6.95. The number of carbonyl (C=O) groups excluding carboxylic acids is 1. The summed E-state index contributed by atoms with van der Waals surface area (Å²) in [4.78, 5) is 14.3. The van der Waals surface area contributed by atoms with Crippen LogP contribution < -0.4 is 0 Å². The van der Waals surface area contributed by atoms with Crippen LogP contribution in [-0.2, 0) is 6.54 Å². The van der Waals surface area contributed by atoms with Crippen LogP contribution in [0, 0.1) is 0 Å². The zero-order valence-corrected chi connectivity index (χ0v) is 13.4. The predicted octanol–water partition coefficient (Wildman–Crippen LogP) is 3.56. The maximum atomic E-state index is 12.6. The zero-order valence-electron chi connectivity index (χ0n) is 11.8. The van der Waals surface area contributed by atoms with Gasteiger partial charge in [-0.25, -0.2) is 0 Å². The number of phenols is 1. The molecule has 21 heavy (non-hydrogen) atoms. The second kappa shape index (κ2) is 5.56. The molecule has 1 aromatic carbocycles. The third-order valence-electron chi connectivity index (χ3n) is 3.68. The Balaban J connectivity index is 1.76. The Morgan fingerprint density at radius 3 is 2.67 bits per heavy atom. The number of carbonyl (C=O) groups is 1. The van der Waals surface area contributed by atoms with Crippen molar-refractivity contribution in [2.75, 3.05) is 7.05 Å². The molecular formula is C16H17BrN2O2. The SMILES string of the molecule is CN(Cc1ccc(O)cc1)C(=O)c1cc(Br)cn1C1CC1. The van der Waals surface area contributed by atoms with Crippen molar-refractivity contribution in [3.8, 4) is 5.75 Å². The molecule has 0 radical (unpaired) electrons. The van der Waals surface area contributed by atoms with E-state index in [0.717, 1.165) is 28.6 Å². The van der Waals surface area contributed by atoms with Gasteiger partial charge >= 0.3 is 0 Å². The van der Waals surface area contributed by atoms with Crippen molar-refractivity contribution in [1.82, 2.24) is 9.47 Å². The van der Waals surface area contributed by atoms with Gasteiger partial charge in [-0.2, -0.15) is 0 Å². The normalized spacial score (nSPS) is 14.2. The van der Waals surface area contributed by atoms with Gasteiger partial charge in [0.05, 0.1) is 0 Å². The van der Waals surface area contributed by atoms with E-state index in [9.17, 15) is 9.90 Å². The Kier molecular flexibility index (Phi) is 3.76. The number of phenolic OH excluding ortho intramolecular Hbond substituents is 1. The highest BCUT2D eigenvalue weighted by molar-refractivity contribution is 9.10. The number of aromatic nitrogens is 1. The molecule has 1 aromatic heterocycles. The first-order valence-corrected chi connectivity index (χ1v) is 7.74. The summed E-state index contributed by atoms with van der Waals surface area (Å²) in [6.07, 6.45) is 4.27. The lowest BCUT2D eigenvalue weighted by Gasteiger charge is -2.18. The van der Waals surface area contributed by atoms with Crippen molar-refractivity contribution in [1.29, 1.82) is 0 Å². The Morgan fingerprint density at radius 2 is 2.05 bits per heavy atom. The number of benzene rings is 1. The van der Waals surface area contributed by atoms with Crippen LogP contribution in [0.15, 0.2) is 41.0 Å². The fourth-order valence-electron chi connectivity index (χ4n) is 2.41. The van der Waals surface area contributed by atoms with Gasteiger partial charge in [0.1, 0.15) is 11.4 Å². The van der Waals surface area contributed by atoms with Gasteiger partial charge in [0, 0.05) is 30.3 Å². The number of halogens is 1. The number of amides is 1. The molecule has 0 aliphatic heterocycles. The van der Waals surface area contributed by atoms with E-state index in [2.05, 4.69) is 20.5 Å². The molecular weight excluding hydrogens is 332 g/mol. The molecule has 1 heterocycles. The minimum atomic E-state index is 0.0145. The summed E-state index contributed by atoms with van der Waals surface area (Å²) in [6.45, 7) is 0.520. The first kappa shape index (κ1) is 14.2. The van der Waals surface area contributed by atoms with Crippen LogP contribution in [0.2, 0.25) is 0 Å². The lowest BCUT2D eigenvalue weighted by molar-refractivity contribution is 0.0774. The Bertz CT molecular complexity index is 659. The fourth-order valence-corrected chi connectivity index (χ4v) is 2.85. The molecule has 1 aliphatic carbocycles. The second-order valence-corrected chi connectivity index (χ2v) is 6.43. The van der Waals surface area contributed by atoms with Crippen LogP contribution in [0.5, 0.6) is 5.75 Å². The van der Waals surface area contributed by atoms with Crippen molar-refractivity contribution >= 4 is 21.8 Å². The molecule has 4 nitrogen and oxygen atoms in total. The quantitative estimate of drug-likeness (QED) is 0.917. The summed E-state index contributed by atoms with van der Waals surface area (Å²) >= 11 is 3.45. The molecule has 0 atom stereocenters. The largest absolute Gasteiger partial charge is 0.508 e. The highest BCUT2D eigenvalue weighted by Gasteiger charge is 2.28. The van der Waals surface area contributed by atoms with Gasteiger partial charge in [0.15, 0.2) is 0 Å². The maximum Gasteiger partial charge on any atom is 0.270 e. The summed E-state index contributed by atoms with van der Waals surface area (Å²) in [5, 5.41) is 9.30. The average Bonchev–Trinajstić information content (AvgIpc) is 3.23. The van der Waals surface area contributed by atoms with Crippen molar-refractivity contribution in [2.24, 2.45) is 0 Å². The Labute approximate surface area is 132 Å². The smallest absolute Gasteiger partial charge is 0.270 e. The van der Waals surface area contributed by atoms with Crippen LogP contribution >= 0.6 is 15.9 Å². The van der Waals surface area contributed by atoms with Gasteiger partial charge in [-0.1, -0.05) is 12.1 Å². The average molecular weight is 349 g/mol. The van der Waals surface area contributed by atoms with E-state index >= 15 is 0 Å². The lowest BCUT2D eigenvalue weighted by Crippen LogP contribution is -2.28. The third-order valence-corrected chi connectivity index (χ3v) is 4.11. The molecule has 1 saturated carbocycles. The molecule has 2 aromatic rings. The number of hydrogen-bond donors (Lipinski definition) is 1. The molecule has 1 aliphatic rings. The van der Waals surface area contributed by atoms with Crippen molar-refractivity contribution < 1.29 is 9.90 Å². The van der Waals surface area contributed by atoms with Crippen molar-refractivity contribution in [3.05, 3.63) is 52.3 Å². The van der Waals surface area contributed by atoms with Crippen LogP contribution in [0.4, 0.5) is 0 Å². The van der Waals surface area contributed by atoms with Crippen LogP contribution in [0.1, 0.15) is 34.9 Å². The molecule has 0 spiro atoms. The van der Waals surface area contributed by atoms with E-state index in [1.807, 2.05) is 24.4 Å². The molecule has 0 unspecified atom stereocenters. The van der Waals surface area contributed by atoms with Crippen molar-refractivity contribution in [2.45, 2.75) is 25.4 Å². The van der Waals surface area contributed by atoms with Crippen LogP contribution in [0.25, 0.3) is 0 Å². The van der Waals surface area contributed by atoms with Gasteiger partial charge < -0.3 is 14.6 Å². The second-order valence-electron chi connectivity index (χ2n) is 5.51. The highest BCUT2D eigenvalue weighted by atomic mass is 79.9. The van der Waals surface area contributed by atoms with Crippen LogP contribution in [-0.4, -0.2) is 27.5 Å². The molecule has 5 heteroatoms. The van der Waals surface area contributed by atoms with Crippen molar-refractivity contribution in [3.63, 3.8) is 0 Å². The fraction of sp³-hybridized carbons (Fsp3) is 0.312. The number of rotatable bonds is 4. The van der Waals surface area contributed by atoms with E-state index in [1.54, 1.807) is 24.1 Å². The molecule has 1 N–H and O–H groups in total. The predicted molar refractivity (Wildman–Crippen MR) is 84.3 cm³/mol. The van der Waals surface area contributed by atoms with E-state index in [1.165, 1.54) is 0 Å². The molecule has 3 rings (SSSR count). The van der Waals surface area contributed by atoms with Crippen LogP contribution in [0.3, 0.4) is 0 Å². The van der Waals surface area contributed by atoms with Gasteiger partial charge in [0.2, 0.25) is 0 Å². The highest BCUT2D eigenvalue weighted by Crippen LogP contribution is 2.37. The number of hydrogen-bond acceptors (Lipinski definition) is 2. The summed E-state index contributed by atoms with van der Waals surface area (Å²) in [7, 11) is 1.80.